The largest absolute Gasteiger partial charge is 0.480 e. The predicted molar refractivity (Wildman–Crippen MR) is 197 cm³/mol. The van der Waals surface area contributed by atoms with E-state index in [1.807, 2.05) is 24.3 Å². The molecule has 1 aliphatic rings. The Labute approximate surface area is 312 Å². The first-order chi connectivity index (χ1) is 25.7. The molecule has 4 rings (SSSR count). The second kappa shape index (κ2) is 20.0. The van der Waals surface area contributed by atoms with Gasteiger partial charge >= 0.3 is 17.9 Å². The summed E-state index contributed by atoms with van der Waals surface area (Å²) in [4.78, 5) is 72.0. The standard InChI is InChI=1S/C35H48N8O10S/c36-54(52,53)27-7-5-25(6-8-27)9-10-37-35(51)30(19-26-20-38-29-4-2-1-3-28(26)29)39-31(44)21-40-11-13-41(22-32(45)46)15-17-43(24-34(49)50)18-16-42(14-12-40)23-33(47)48/h1-8,20,30,38H,9-19,21-24H2,(H,37,51)(H,39,44)(H,45,46)(H,47,48)(H,49,50)(H2,36,52,53)/t30-/m0/s1. The highest BCUT2D eigenvalue weighted by Gasteiger charge is 2.25. The second-order valence-corrected chi connectivity index (χ2v) is 14.8. The number of carbonyl (C=O) groups is 5. The maximum atomic E-state index is 13.7. The molecule has 1 saturated heterocycles. The summed E-state index contributed by atoms with van der Waals surface area (Å²) in [6.45, 7) is 1.06. The van der Waals surface area contributed by atoms with Crippen molar-refractivity contribution in [1.82, 2.24) is 35.2 Å². The smallest absolute Gasteiger partial charge is 0.317 e. The van der Waals surface area contributed by atoms with Gasteiger partial charge < -0.3 is 30.9 Å². The zero-order chi connectivity index (χ0) is 39.3. The summed E-state index contributed by atoms with van der Waals surface area (Å²) in [5, 5.41) is 40.3. The number of carboxylic acid groups (broad SMARTS) is 3. The molecule has 2 amide bonds. The first-order valence-electron chi connectivity index (χ1n) is 17.4. The molecule has 0 bridgehead atoms. The number of nitrogens with two attached hydrogens (primary N) is 1. The number of H-pyrrole nitrogens is 1. The van der Waals surface area contributed by atoms with E-state index in [0.717, 1.165) is 22.0 Å². The van der Waals surface area contributed by atoms with Crippen LogP contribution in [-0.4, -0.2) is 169 Å². The summed E-state index contributed by atoms with van der Waals surface area (Å²) < 4.78 is 23.2. The first kappa shape index (κ1) is 41.8. The van der Waals surface area contributed by atoms with Crippen molar-refractivity contribution in [3.05, 3.63) is 65.9 Å². The van der Waals surface area contributed by atoms with E-state index in [-0.39, 0.29) is 96.4 Å². The zero-order valence-electron chi connectivity index (χ0n) is 29.9. The number of nitrogens with one attached hydrogen (secondary N) is 3. The van der Waals surface area contributed by atoms with Crippen molar-refractivity contribution >= 4 is 50.6 Å². The Morgan fingerprint density at radius 2 is 1.20 bits per heavy atom. The summed E-state index contributed by atoms with van der Waals surface area (Å²) in [6, 6.07) is 12.6. The number of benzene rings is 2. The van der Waals surface area contributed by atoms with Crippen LogP contribution in [-0.2, 0) is 46.8 Å². The Balaban J connectivity index is 1.48. The minimum atomic E-state index is -3.85. The topological polar surface area (TPSA) is 259 Å². The summed E-state index contributed by atoms with van der Waals surface area (Å²) in [5.74, 6) is -4.08. The van der Waals surface area contributed by atoms with E-state index in [9.17, 15) is 47.7 Å². The Morgan fingerprint density at radius 1 is 0.722 bits per heavy atom. The van der Waals surface area contributed by atoms with Gasteiger partial charge in [-0.15, -0.1) is 0 Å². The van der Waals surface area contributed by atoms with Gasteiger partial charge in [0.25, 0.3) is 0 Å². The number of hydrogen-bond donors (Lipinski definition) is 7. The molecule has 3 aromatic rings. The average molecular weight is 773 g/mol. The molecule has 2 heterocycles. The number of aliphatic carboxylic acids is 3. The average Bonchev–Trinajstić information content (AvgIpc) is 3.50. The normalized spacial score (nSPS) is 16.5. The third kappa shape index (κ3) is 13.8. The van der Waals surface area contributed by atoms with Gasteiger partial charge in [-0.2, -0.15) is 0 Å². The van der Waals surface area contributed by atoms with Crippen LogP contribution in [0.3, 0.4) is 0 Å². The van der Waals surface area contributed by atoms with E-state index in [4.69, 9.17) is 5.14 Å². The van der Waals surface area contributed by atoms with Gasteiger partial charge in [0, 0.05) is 82.4 Å². The Bertz CT molecular complexity index is 1840. The lowest BCUT2D eigenvalue weighted by atomic mass is 10.0. The van der Waals surface area contributed by atoms with E-state index in [0.29, 0.717) is 6.42 Å². The molecule has 0 saturated carbocycles. The van der Waals surface area contributed by atoms with Crippen molar-refractivity contribution in [1.29, 1.82) is 0 Å². The minimum absolute atomic E-state index is 0.0272. The number of fused-ring (bicyclic) bond motifs is 1. The minimum Gasteiger partial charge on any atom is -0.480 e. The van der Waals surface area contributed by atoms with Crippen LogP contribution in [0.4, 0.5) is 0 Å². The summed E-state index contributed by atoms with van der Waals surface area (Å²) in [7, 11) is -3.85. The zero-order valence-corrected chi connectivity index (χ0v) is 30.7. The highest BCUT2D eigenvalue weighted by molar-refractivity contribution is 7.89. The first-order valence-corrected chi connectivity index (χ1v) is 19.0. The number of rotatable bonds is 16. The Kier molecular flexibility index (Phi) is 15.5. The molecule has 2 aromatic carbocycles. The van der Waals surface area contributed by atoms with Gasteiger partial charge in [0.1, 0.15) is 6.04 Å². The molecule has 0 spiro atoms. The molecule has 1 fully saturated rings. The number of hydrogen-bond acceptors (Lipinski definition) is 11. The lowest BCUT2D eigenvalue weighted by molar-refractivity contribution is -0.140. The molecule has 54 heavy (non-hydrogen) atoms. The van der Waals surface area contributed by atoms with Gasteiger partial charge in [-0.3, -0.25) is 43.6 Å². The third-order valence-electron chi connectivity index (χ3n) is 9.09. The third-order valence-corrected chi connectivity index (χ3v) is 10.0. The van der Waals surface area contributed by atoms with E-state index < -0.39 is 45.8 Å². The van der Waals surface area contributed by atoms with Crippen LogP contribution >= 0.6 is 0 Å². The molecule has 18 nitrogen and oxygen atoms in total. The van der Waals surface area contributed by atoms with Crippen LogP contribution in [0, 0.1) is 0 Å². The number of aromatic nitrogens is 1. The molecular formula is C35H48N8O10S. The van der Waals surface area contributed by atoms with Gasteiger partial charge in [-0.25, -0.2) is 13.6 Å². The van der Waals surface area contributed by atoms with Crippen LogP contribution in [0.25, 0.3) is 10.9 Å². The molecular weight excluding hydrogens is 724 g/mol. The SMILES string of the molecule is NS(=O)(=O)c1ccc(CCNC(=O)[C@H](Cc2c[nH]c3ccccc23)NC(=O)CN2CCN(CC(=O)O)CCN(CC(=O)O)CCN(CC(=O)O)CC2)cc1. The van der Waals surface area contributed by atoms with E-state index in [1.54, 1.807) is 37.9 Å². The fraction of sp³-hybridized carbons (Fsp3) is 0.457. The number of carboxylic acids is 3. The number of carbonyl (C=O) groups excluding carboxylic acids is 2. The second-order valence-electron chi connectivity index (χ2n) is 13.2. The van der Waals surface area contributed by atoms with Gasteiger partial charge in [0.15, 0.2) is 0 Å². The van der Waals surface area contributed by atoms with Crippen LogP contribution in [0.1, 0.15) is 11.1 Å². The van der Waals surface area contributed by atoms with E-state index in [1.165, 1.54) is 12.1 Å². The number of primary sulfonamides is 1. The molecule has 19 heteroatoms. The van der Waals surface area contributed by atoms with E-state index >= 15 is 0 Å². The lowest BCUT2D eigenvalue weighted by Crippen LogP contribution is -2.53. The van der Waals surface area contributed by atoms with Crippen molar-refractivity contribution < 1.29 is 47.7 Å². The molecule has 0 unspecified atom stereocenters. The quantitative estimate of drug-likeness (QED) is 0.0892. The summed E-state index contributed by atoms with van der Waals surface area (Å²) in [5.41, 5.74) is 2.43. The Hall–Kier alpha value is -4.92. The van der Waals surface area contributed by atoms with Crippen molar-refractivity contribution in [3.63, 3.8) is 0 Å². The number of aromatic amines is 1. The maximum absolute atomic E-state index is 13.7. The van der Waals surface area contributed by atoms with Crippen LogP contribution in [0.15, 0.2) is 59.6 Å². The predicted octanol–water partition coefficient (Wildman–Crippen LogP) is -1.32. The van der Waals surface area contributed by atoms with Crippen LogP contribution < -0.4 is 15.8 Å². The van der Waals surface area contributed by atoms with Crippen molar-refractivity contribution in [2.45, 2.75) is 23.8 Å². The highest BCUT2D eigenvalue weighted by atomic mass is 32.2. The summed E-state index contributed by atoms with van der Waals surface area (Å²) >= 11 is 0. The molecule has 8 N–H and O–H groups in total. The molecule has 1 aromatic heterocycles. The number of para-hydroxylation sites is 1. The van der Waals surface area contributed by atoms with Gasteiger partial charge in [-0.1, -0.05) is 30.3 Å². The van der Waals surface area contributed by atoms with Gasteiger partial charge in [0.2, 0.25) is 21.8 Å². The molecule has 294 valence electrons. The van der Waals surface area contributed by atoms with Crippen molar-refractivity contribution in [2.75, 3.05) is 85.1 Å². The van der Waals surface area contributed by atoms with E-state index in [2.05, 4.69) is 15.6 Å². The molecule has 0 radical (unpaired) electrons. The Morgan fingerprint density at radius 3 is 1.69 bits per heavy atom. The molecule has 1 atom stereocenters. The highest BCUT2D eigenvalue weighted by Crippen LogP contribution is 2.19. The number of amides is 2. The van der Waals surface area contributed by atoms with Crippen molar-refractivity contribution in [2.24, 2.45) is 5.14 Å². The van der Waals surface area contributed by atoms with Crippen molar-refractivity contribution in [3.8, 4) is 0 Å². The van der Waals surface area contributed by atoms with Gasteiger partial charge in [-0.05, 0) is 35.7 Å². The summed E-state index contributed by atoms with van der Waals surface area (Å²) in [6.07, 6.45) is 2.33. The molecule has 1 aliphatic heterocycles. The lowest BCUT2D eigenvalue weighted by Gasteiger charge is -2.33. The van der Waals surface area contributed by atoms with Gasteiger partial charge in [0.05, 0.1) is 31.1 Å². The maximum Gasteiger partial charge on any atom is 0.317 e. The number of nitrogens with zero attached hydrogens (tertiary/aromatic N) is 4. The van der Waals surface area contributed by atoms with Crippen LogP contribution in [0.5, 0.6) is 0 Å². The fourth-order valence-corrected chi connectivity index (χ4v) is 6.77. The monoisotopic (exact) mass is 772 g/mol. The molecule has 0 aliphatic carbocycles. The fourth-order valence-electron chi connectivity index (χ4n) is 6.26. The van der Waals surface area contributed by atoms with Crippen LogP contribution in [0.2, 0.25) is 0 Å². The number of sulfonamides is 1.